The summed E-state index contributed by atoms with van der Waals surface area (Å²) in [6.07, 6.45) is 3.00. The van der Waals surface area contributed by atoms with Gasteiger partial charge in [0.05, 0.1) is 24.0 Å². The minimum atomic E-state index is -0.509. The van der Waals surface area contributed by atoms with Gasteiger partial charge in [0.2, 0.25) is 0 Å². The van der Waals surface area contributed by atoms with E-state index in [2.05, 4.69) is 10.1 Å². The third-order valence-electron chi connectivity index (χ3n) is 3.62. The van der Waals surface area contributed by atoms with Crippen molar-refractivity contribution in [1.29, 1.82) is 0 Å². The molecule has 0 fully saturated rings. The van der Waals surface area contributed by atoms with Crippen molar-refractivity contribution < 1.29 is 9.13 Å². The number of hydrogen-bond donors (Lipinski definition) is 0. The fourth-order valence-corrected chi connectivity index (χ4v) is 2.53. The molecule has 0 aliphatic carbocycles. The van der Waals surface area contributed by atoms with Gasteiger partial charge in [-0.3, -0.25) is 14.0 Å². The lowest BCUT2D eigenvalue weighted by Gasteiger charge is -2.19. The second-order valence-corrected chi connectivity index (χ2v) is 4.94. The van der Waals surface area contributed by atoms with Crippen LogP contribution >= 0.6 is 0 Å². The van der Waals surface area contributed by atoms with E-state index >= 15 is 0 Å². The molecule has 0 N–H and O–H groups in total. The number of nitrogens with zero attached hydrogens (tertiary/aromatic N) is 4. The molecule has 3 rings (SSSR count). The Balaban J connectivity index is 2.21. The SMILES string of the molecule is COC[C@H](c1ccnn1C)n1cnc2c(F)cccc2c1=O. The minimum Gasteiger partial charge on any atom is -0.382 e. The summed E-state index contributed by atoms with van der Waals surface area (Å²) >= 11 is 0. The molecule has 0 saturated carbocycles. The Morgan fingerprint density at radius 1 is 1.36 bits per heavy atom. The number of benzene rings is 1. The Kier molecular flexibility index (Phi) is 3.72. The van der Waals surface area contributed by atoms with Crippen molar-refractivity contribution in [2.24, 2.45) is 7.05 Å². The molecule has 2 aromatic heterocycles. The average molecular weight is 302 g/mol. The third-order valence-corrected chi connectivity index (χ3v) is 3.62. The summed E-state index contributed by atoms with van der Waals surface area (Å²) in [5.74, 6) is -0.509. The Labute approximate surface area is 125 Å². The van der Waals surface area contributed by atoms with Crippen LogP contribution in [0.3, 0.4) is 0 Å². The van der Waals surface area contributed by atoms with Gasteiger partial charge in [-0.25, -0.2) is 9.37 Å². The first-order valence-corrected chi connectivity index (χ1v) is 6.75. The third kappa shape index (κ3) is 2.29. The molecule has 7 heteroatoms. The van der Waals surface area contributed by atoms with Crippen LogP contribution in [-0.2, 0) is 11.8 Å². The maximum absolute atomic E-state index is 13.7. The first-order chi connectivity index (χ1) is 10.6. The van der Waals surface area contributed by atoms with Gasteiger partial charge in [0.1, 0.15) is 17.4 Å². The molecule has 1 aromatic carbocycles. The summed E-state index contributed by atoms with van der Waals surface area (Å²) in [7, 11) is 3.35. The van der Waals surface area contributed by atoms with Crippen LogP contribution in [0.1, 0.15) is 11.7 Å². The van der Waals surface area contributed by atoms with Crippen LogP contribution in [0.5, 0.6) is 0 Å². The van der Waals surface area contributed by atoms with E-state index in [0.717, 1.165) is 5.69 Å². The number of hydrogen-bond acceptors (Lipinski definition) is 4. The van der Waals surface area contributed by atoms with Gasteiger partial charge in [0, 0.05) is 20.4 Å². The van der Waals surface area contributed by atoms with Gasteiger partial charge in [-0.1, -0.05) is 6.07 Å². The van der Waals surface area contributed by atoms with E-state index in [1.165, 1.54) is 23.0 Å². The van der Waals surface area contributed by atoms with E-state index in [9.17, 15) is 9.18 Å². The van der Waals surface area contributed by atoms with Gasteiger partial charge >= 0.3 is 0 Å². The molecule has 22 heavy (non-hydrogen) atoms. The van der Waals surface area contributed by atoms with Crippen LogP contribution < -0.4 is 5.56 Å². The molecule has 0 spiro atoms. The number of aromatic nitrogens is 4. The Morgan fingerprint density at radius 2 is 2.18 bits per heavy atom. The van der Waals surface area contributed by atoms with E-state index in [4.69, 9.17) is 4.74 Å². The predicted molar refractivity (Wildman–Crippen MR) is 79.2 cm³/mol. The molecule has 0 amide bonds. The number of rotatable bonds is 4. The van der Waals surface area contributed by atoms with Crippen LogP contribution in [0.25, 0.3) is 10.9 Å². The zero-order valence-electron chi connectivity index (χ0n) is 12.2. The largest absolute Gasteiger partial charge is 0.382 e. The highest BCUT2D eigenvalue weighted by Gasteiger charge is 2.20. The zero-order valence-corrected chi connectivity index (χ0v) is 12.2. The fourth-order valence-electron chi connectivity index (χ4n) is 2.53. The number of fused-ring (bicyclic) bond motifs is 1. The number of ether oxygens (including phenoxy) is 1. The highest BCUT2D eigenvalue weighted by atomic mass is 19.1. The molecular formula is C15H15FN4O2. The monoisotopic (exact) mass is 302 g/mol. The number of halogens is 1. The van der Waals surface area contributed by atoms with Crippen molar-refractivity contribution in [1.82, 2.24) is 19.3 Å². The molecule has 0 bridgehead atoms. The fraction of sp³-hybridized carbons (Fsp3) is 0.267. The molecule has 1 atom stereocenters. The van der Waals surface area contributed by atoms with Crippen molar-refractivity contribution in [3.05, 3.63) is 58.7 Å². The summed E-state index contributed by atoms with van der Waals surface area (Å²) in [6, 6.07) is 5.78. The van der Waals surface area contributed by atoms with E-state index in [1.807, 2.05) is 6.07 Å². The second-order valence-electron chi connectivity index (χ2n) is 4.94. The molecule has 0 aliphatic rings. The smallest absolute Gasteiger partial charge is 0.261 e. The second kappa shape index (κ2) is 5.69. The van der Waals surface area contributed by atoms with Gasteiger partial charge in [0.25, 0.3) is 5.56 Å². The lowest BCUT2D eigenvalue weighted by atomic mass is 10.2. The lowest BCUT2D eigenvalue weighted by molar-refractivity contribution is 0.164. The maximum Gasteiger partial charge on any atom is 0.261 e. The van der Waals surface area contributed by atoms with Crippen molar-refractivity contribution in [3.8, 4) is 0 Å². The normalized spacial score (nSPS) is 12.7. The topological polar surface area (TPSA) is 61.9 Å². The maximum atomic E-state index is 13.7. The molecule has 0 unspecified atom stereocenters. The summed E-state index contributed by atoms with van der Waals surface area (Å²) < 4.78 is 22.1. The molecule has 2 heterocycles. The van der Waals surface area contributed by atoms with Crippen LogP contribution in [0.4, 0.5) is 4.39 Å². The Hall–Kier alpha value is -2.54. The van der Waals surface area contributed by atoms with E-state index < -0.39 is 5.82 Å². The van der Waals surface area contributed by atoms with Crippen molar-refractivity contribution >= 4 is 10.9 Å². The summed E-state index contributed by atoms with van der Waals surface area (Å²) in [4.78, 5) is 16.8. The van der Waals surface area contributed by atoms with Gasteiger partial charge < -0.3 is 4.74 Å². The Bertz CT molecular complexity index is 871. The molecule has 0 radical (unpaired) electrons. The van der Waals surface area contributed by atoms with Gasteiger partial charge in [-0.2, -0.15) is 5.10 Å². The zero-order chi connectivity index (χ0) is 15.7. The predicted octanol–water partition coefficient (Wildman–Crippen LogP) is 1.50. The standard InChI is InChI=1S/C15H15FN4O2/c1-19-12(6-7-18-19)13(8-22-2)20-9-17-14-10(15(20)21)4-3-5-11(14)16/h3-7,9,13H,8H2,1-2H3/t13-/m1/s1. The highest BCUT2D eigenvalue weighted by Crippen LogP contribution is 2.18. The quantitative estimate of drug-likeness (QED) is 0.733. The average Bonchev–Trinajstić information content (AvgIpc) is 2.93. The van der Waals surface area contributed by atoms with Crippen LogP contribution in [-0.4, -0.2) is 33.0 Å². The molecular weight excluding hydrogens is 287 g/mol. The molecule has 6 nitrogen and oxygen atoms in total. The van der Waals surface area contributed by atoms with Crippen molar-refractivity contribution in [2.45, 2.75) is 6.04 Å². The minimum absolute atomic E-state index is 0.0740. The lowest BCUT2D eigenvalue weighted by Crippen LogP contribution is -2.30. The van der Waals surface area contributed by atoms with Crippen LogP contribution in [0, 0.1) is 5.82 Å². The van der Waals surface area contributed by atoms with Crippen LogP contribution in [0.2, 0.25) is 0 Å². The molecule has 0 aliphatic heterocycles. The number of aryl methyl sites for hydroxylation is 1. The van der Waals surface area contributed by atoms with Crippen LogP contribution in [0.15, 0.2) is 41.6 Å². The molecule has 0 saturated heterocycles. The van der Waals surface area contributed by atoms with Gasteiger partial charge in [0.15, 0.2) is 0 Å². The van der Waals surface area contributed by atoms with E-state index in [0.29, 0.717) is 0 Å². The van der Waals surface area contributed by atoms with Crippen molar-refractivity contribution in [3.63, 3.8) is 0 Å². The first-order valence-electron chi connectivity index (χ1n) is 6.75. The van der Waals surface area contributed by atoms with Gasteiger partial charge in [-0.15, -0.1) is 0 Å². The number of methoxy groups -OCH3 is 1. The van der Waals surface area contributed by atoms with Gasteiger partial charge in [-0.05, 0) is 18.2 Å². The molecule has 114 valence electrons. The highest BCUT2D eigenvalue weighted by molar-refractivity contribution is 5.77. The van der Waals surface area contributed by atoms with E-state index in [1.54, 1.807) is 31.1 Å². The summed E-state index contributed by atoms with van der Waals surface area (Å²) in [6.45, 7) is 0.280. The van der Waals surface area contributed by atoms with Crippen molar-refractivity contribution in [2.75, 3.05) is 13.7 Å². The first kappa shape index (κ1) is 14.4. The van der Waals surface area contributed by atoms with E-state index in [-0.39, 0.29) is 29.1 Å². The summed E-state index contributed by atoms with van der Waals surface area (Å²) in [5.41, 5.74) is 0.569. The number of para-hydroxylation sites is 1. The Morgan fingerprint density at radius 3 is 2.86 bits per heavy atom. The summed E-state index contributed by atoms with van der Waals surface area (Å²) in [5, 5.41) is 4.36. The molecule has 3 aromatic rings.